The van der Waals surface area contributed by atoms with Crippen LogP contribution in [0.1, 0.15) is 27.1 Å². The van der Waals surface area contributed by atoms with Crippen molar-refractivity contribution in [3.8, 4) is 11.1 Å². The van der Waals surface area contributed by atoms with Crippen LogP contribution in [0.5, 0.6) is 0 Å². The Kier molecular flexibility index (Phi) is 5.30. The lowest BCUT2D eigenvalue weighted by molar-refractivity contribution is 0.0610. The zero-order valence-electron chi connectivity index (χ0n) is 18.5. The SMILES string of the molecule is Nc1ccc(-c2ccc(NCCCN3C(=O)c4cccc5cccc(c45)C3=O)c(N)c2)cc1N. The van der Waals surface area contributed by atoms with Gasteiger partial charge in [0.25, 0.3) is 11.8 Å². The summed E-state index contributed by atoms with van der Waals surface area (Å²) in [6.45, 7) is 0.874. The lowest BCUT2D eigenvalue weighted by Gasteiger charge is -2.27. The Morgan fingerprint density at radius 3 is 1.94 bits per heavy atom. The zero-order chi connectivity index (χ0) is 23.8. The van der Waals surface area contributed by atoms with E-state index in [0.717, 1.165) is 27.6 Å². The predicted octanol–water partition coefficient (Wildman–Crippen LogP) is 4.35. The summed E-state index contributed by atoms with van der Waals surface area (Å²) < 4.78 is 0. The van der Waals surface area contributed by atoms with Gasteiger partial charge in [0, 0.05) is 29.6 Å². The average Bonchev–Trinajstić information content (AvgIpc) is 2.84. The second kappa shape index (κ2) is 8.44. The Labute approximate surface area is 197 Å². The molecule has 2 amide bonds. The molecular formula is C27H25N5O2. The number of hydrogen-bond donors (Lipinski definition) is 4. The van der Waals surface area contributed by atoms with Crippen molar-refractivity contribution >= 4 is 45.3 Å². The first-order valence-corrected chi connectivity index (χ1v) is 11.1. The van der Waals surface area contributed by atoms with Crippen molar-refractivity contribution in [3.63, 3.8) is 0 Å². The Bertz CT molecular complexity index is 1400. The van der Waals surface area contributed by atoms with Crippen LogP contribution in [0.15, 0.2) is 72.8 Å². The van der Waals surface area contributed by atoms with Crippen molar-refractivity contribution in [3.05, 3.63) is 83.9 Å². The molecule has 0 spiro atoms. The number of carbonyl (C=O) groups is 2. The number of benzene rings is 4. The fraction of sp³-hybridized carbons (Fsp3) is 0.111. The molecule has 0 fully saturated rings. The highest BCUT2D eigenvalue weighted by Gasteiger charge is 2.32. The summed E-state index contributed by atoms with van der Waals surface area (Å²) in [4.78, 5) is 27.3. The number of nitrogens with zero attached hydrogens (tertiary/aromatic N) is 1. The van der Waals surface area contributed by atoms with E-state index < -0.39 is 0 Å². The summed E-state index contributed by atoms with van der Waals surface area (Å²) >= 11 is 0. The molecule has 7 N–H and O–H groups in total. The van der Waals surface area contributed by atoms with Crippen LogP contribution < -0.4 is 22.5 Å². The van der Waals surface area contributed by atoms with Gasteiger partial charge in [-0.2, -0.15) is 0 Å². The third kappa shape index (κ3) is 3.67. The zero-order valence-corrected chi connectivity index (χ0v) is 18.5. The second-order valence-electron chi connectivity index (χ2n) is 8.40. The van der Waals surface area contributed by atoms with Crippen LogP contribution >= 0.6 is 0 Å². The van der Waals surface area contributed by atoms with Crippen LogP contribution in [0.3, 0.4) is 0 Å². The highest BCUT2D eigenvalue weighted by atomic mass is 16.2. The molecule has 0 atom stereocenters. The third-order valence-electron chi connectivity index (χ3n) is 6.20. The minimum Gasteiger partial charge on any atom is -0.397 e. The molecule has 0 saturated heterocycles. The topological polar surface area (TPSA) is 127 Å². The van der Waals surface area contributed by atoms with E-state index in [4.69, 9.17) is 17.2 Å². The summed E-state index contributed by atoms with van der Waals surface area (Å²) in [5.74, 6) is -0.498. The molecule has 4 aromatic carbocycles. The number of anilines is 4. The van der Waals surface area contributed by atoms with Gasteiger partial charge in [-0.15, -0.1) is 0 Å². The molecule has 1 heterocycles. The molecule has 7 nitrogen and oxygen atoms in total. The molecule has 0 saturated carbocycles. The van der Waals surface area contributed by atoms with Gasteiger partial charge in [-0.05, 0) is 59.3 Å². The van der Waals surface area contributed by atoms with E-state index in [1.54, 1.807) is 18.2 Å². The Morgan fingerprint density at radius 2 is 1.32 bits per heavy atom. The van der Waals surface area contributed by atoms with Gasteiger partial charge < -0.3 is 22.5 Å². The quantitative estimate of drug-likeness (QED) is 0.196. The molecule has 1 aliphatic heterocycles. The highest BCUT2D eigenvalue weighted by molar-refractivity contribution is 6.25. The van der Waals surface area contributed by atoms with Crippen molar-refractivity contribution in [2.75, 3.05) is 35.6 Å². The molecule has 0 radical (unpaired) electrons. The first-order valence-electron chi connectivity index (χ1n) is 11.1. The third-order valence-corrected chi connectivity index (χ3v) is 6.20. The molecule has 34 heavy (non-hydrogen) atoms. The summed E-state index contributed by atoms with van der Waals surface area (Å²) in [5, 5.41) is 4.94. The molecule has 1 aliphatic rings. The van der Waals surface area contributed by atoms with Crippen LogP contribution in [0.2, 0.25) is 0 Å². The summed E-state index contributed by atoms with van der Waals surface area (Å²) in [7, 11) is 0. The molecule has 0 aliphatic carbocycles. The van der Waals surface area contributed by atoms with Crippen molar-refractivity contribution < 1.29 is 9.59 Å². The number of amides is 2. The molecule has 0 unspecified atom stereocenters. The minimum atomic E-state index is -0.249. The number of nitrogens with one attached hydrogen (secondary N) is 1. The van der Waals surface area contributed by atoms with E-state index in [2.05, 4.69) is 5.32 Å². The maximum absolute atomic E-state index is 13.0. The van der Waals surface area contributed by atoms with Gasteiger partial charge in [-0.25, -0.2) is 0 Å². The standard InChI is InChI=1S/C27H25N5O2/c28-21-10-8-17(14-22(21)29)18-9-11-24(23(30)15-18)31-12-3-13-32-26(33)19-6-1-4-16-5-2-7-20(25(16)19)27(32)34/h1-2,4-11,14-15,31H,3,12-13,28-30H2. The van der Waals surface area contributed by atoms with Gasteiger partial charge in [0.2, 0.25) is 0 Å². The number of imide groups is 1. The van der Waals surface area contributed by atoms with Crippen LogP contribution in [0.25, 0.3) is 21.9 Å². The van der Waals surface area contributed by atoms with Crippen LogP contribution in [0, 0.1) is 0 Å². The summed E-state index contributed by atoms with van der Waals surface area (Å²) in [6, 6.07) is 22.3. The predicted molar refractivity (Wildman–Crippen MR) is 138 cm³/mol. The van der Waals surface area contributed by atoms with Crippen LogP contribution in [-0.4, -0.2) is 29.8 Å². The number of carbonyl (C=O) groups excluding carboxylic acids is 2. The number of nitrogen functional groups attached to an aromatic ring is 3. The number of rotatable bonds is 6. The summed E-state index contributed by atoms with van der Waals surface area (Å²) in [6.07, 6.45) is 0.589. The summed E-state index contributed by atoms with van der Waals surface area (Å²) in [5.41, 5.74) is 23.4. The second-order valence-corrected chi connectivity index (χ2v) is 8.40. The smallest absolute Gasteiger partial charge is 0.261 e. The highest BCUT2D eigenvalue weighted by Crippen LogP contribution is 2.31. The maximum Gasteiger partial charge on any atom is 0.261 e. The van der Waals surface area contributed by atoms with Crippen molar-refractivity contribution in [1.82, 2.24) is 4.90 Å². The Hall–Kier alpha value is -4.52. The fourth-order valence-corrected chi connectivity index (χ4v) is 4.40. The van der Waals surface area contributed by atoms with E-state index in [9.17, 15) is 9.59 Å². The first kappa shape index (κ1) is 21.3. The van der Waals surface area contributed by atoms with Gasteiger partial charge in [0.15, 0.2) is 0 Å². The van der Waals surface area contributed by atoms with E-state index in [-0.39, 0.29) is 11.8 Å². The van der Waals surface area contributed by atoms with Crippen molar-refractivity contribution in [2.45, 2.75) is 6.42 Å². The lowest BCUT2D eigenvalue weighted by atomic mass is 9.94. The Morgan fingerprint density at radius 1 is 0.706 bits per heavy atom. The molecule has 7 heteroatoms. The minimum absolute atomic E-state index is 0.249. The van der Waals surface area contributed by atoms with Gasteiger partial charge in [0.1, 0.15) is 0 Å². The van der Waals surface area contributed by atoms with Crippen molar-refractivity contribution in [1.29, 1.82) is 0 Å². The lowest BCUT2D eigenvalue weighted by Crippen LogP contribution is -2.41. The van der Waals surface area contributed by atoms with E-state index >= 15 is 0 Å². The largest absolute Gasteiger partial charge is 0.397 e. The van der Waals surface area contributed by atoms with Gasteiger partial charge in [0.05, 0.1) is 22.7 Å². The first-order chi connectivity index (χ1) is 16.4. The van der Waals surface area contributed by atoms with Crippen LogP contribution in [-0.2, 0) is 0 Å². The monoisotopic (exact) mass is 451 g/mol. The Balaban J connectivity index is 1.24. The van der Waals surface area contributed by atoms with E-state index in [1.165, 1.54) is 4.90 Å². The van der Waals surface area contributed by atoms with Gasteiger partial charge in [-0.3, -0.25) is 14.5 Å². The molecule has 170 valence electrons. The van der Waals surface area contributed by atoms with E-state index in [1.807, 2.05) is 54.6 Å². The molecule has 4 aromatic rings. The molecule has 0 bridgehead atoms. The molecule has 5 rings (SSSR count). The molecule has 0 aromatic heterocycles. The van der Waals surface area contributed by atoms with Crippen LogP contribution in [0.4, 0.5) is 22.7 Å². The van der Waals surface area contributed by atoms with E-state index in [0.29, 0.717) is 47.7 Å². The number of nitrogens with two attached hydrogens (primary N) is 3. The molecular weight excluding hydrogens is 426 g/mol. The average molecular weight is 452 g/mol. The van der Waals surface area contributed by atoms with Crippen molar-refractivity contribution in [2.24, 2.45) is 0 Å². The normalized spacial score (nSPS) is 12.9. The van der Waals surface area contributed by atoms with Gasteiger partial charge in [-0.1, -0.05) is 36.4 Å². The fourth-order valence-electron chi connectivity index (χ4n) is 4.40. The van der Waals surface area contributed by atoms with Gasteiger partial charge >= 0.3 is 0 Å². The maximum atomic E-state index is 13.0. The number of hydrogen-bond acceptors (Lipinski definition) is 6.